The van der Waals surface area contributed by atoms with Crippen LogP contribution in [0.5, 0.6) is 0 Å². The Morgan fingerprint density at radius 3 is 3.00 bits per heavy atom. The average Bonchev–Trinajstić information content (AvgIpc) is 1.97. The minimum Gasteiger partial charge on any atom is -0.356 e. The van der Waals surface area contributed by atoms with Gasteiger partial charge in [-0.25, -0.2) is 0 Å². The van der Waals surface area contributed by atoms with Crippen molar-refractivity contribution in [2.24, 2.45) is 5.11 Å². The van der Waals surface area contributed by atoms with E-state index in [1.54, 1.807) is 0 Å². The molecule has 0 rings (SSSR count). The molecule has 0 saturated heterocycles. The van der Waals surface area contributed by atoms with Crippen LogP contribution >= 0.6 is 0 Å². The summed E-state index contributed by atoms with van der Waals surface area (Å²) in [6, 6.07) is 0. The predicted octanol–water partition coefficient (Wildman–Crippen LogP) is 0.823. The topological polar surface area (TPSA) is 77.9 Å². The summed E-state index contributed by atoms with van der Waals surface area (Å²) in [5.41, 5.74) is 7.82. The van der Waals surface area contributed by atoms with E-state index < -0.39 is 0 Å². The normalized spacial score (nSPS) is 8.10. The third-order valence-corrected chi connectivity index (χ3v) is 0.850. The maximum absolute atomic E-state index is 10.6. The largest absolute Gasteiger partial charge is 0.356 e. The standard InChI is InChI=1S/C5H10N4O/c1-2-3-7-5(10)4-8-9-6/h2-4H2,1H3,(H,7,10). The lowest BCUT2D eigenvalue weighted by Gasteiger charge is -1.97. The van der Waals surface area contributed by atoms with Gasteiger partial charge in [0.1, 0.15) is 6.54 Å². The van der Waals surface area contributed by atoms with Gasteiger partial charge in [0.2, 0.25) is 5.91 Å². The quantitative estimate of drug-likeness (QED) is 0.352. The number of nitrogens with zero attached hydrogens (tertiary/aromatic N) is 3. The first-order valence-electron chi connectivity index (χ1n) is 3.08. The molecule has 0 saturated carbocycles. The highest BCUT2D eigenvalue weighted by molar-refractivity contribution is 5.77. The Morgan fingerprint density at radius 1 is 1.80 bits per heavy atom. The van der Waals surface area contributed by atoms with E-state index in [-0.39, 0.29) is 12.5 Å². The Bertz CT molecular complexity index is 150. The molecule has 10 heavy (non-hydrogen) atoms. The van der Waals surface area contributed by atoms with Gasteiger partial charge >= 0.3 is 0 Å². The van der Waals surface area contributed by atoms with Gasteiger partial charge in [-0.1, -0.05) is 12.0 Å². The molecule has 1 N–H and O–H groups in total. The lowest BCUT2D eigenvalue weighted by Crippen LogP contribution is -2.25. The van der Waals surface area contributed by atoms with Crippen LogP contribution in [0, 0.1) is 0 Å². The van der Waals surface area contributed by atoms with Gasteiger partial charge in [0.25, 0.3) is 0 Å². The second-order valence-corrected chi connectivity index (χ2v) is 1.74. The molecule has 0 bridgehead atoms. The van der Waals surface area contributed by atoms with Gasteiger partial charge in [0, 0.05) is 11.5 Å². The number of nitrogens with one attached hydrogen (secondary N) is 1. The first kappa shape index (κ1) is 8.78. The highest BCUT2D eigenvalue weighted by Gasteiger charge is 1.94. The van der Waals surface area contributed by atoms with Crippen LogP contribution in [-0.2, 0) is 4.79 Å². The Kier molecular flexibility index (Phi) is 5.19. The summed E-state index contributed by atoms with van der Waals surface area (Å²) < 4.78 is 0. The molecule has 0 unspecified atom stereocenters. The van der Waals surface area contributed by atoms with Crippen LogP contribution in [0.1, 0.15) is 13.3 Å². The first-order valence-corrected chi connectivity index (χ1v) is 3.08. The molecule has 5 heteroatoms. The zero-order valence-corrected chi connectivity index (χ0v) is 5.87. The number of hydrogen-bond donors (Lipinski definition) is 1. The van der Waals surface area contributed by atoms with E-state index in [2.05, 4.69) is 15.3 Å². The van der Waals surface area contributed by atoms with E-state index >= 15 is 0 Å². The number of amides is 1. The summed E-state index contributed by atoms with van der Waals surface area (Å²) in [5, 5.41) is 5.66. The monoisotopic (exact) mass is 142 g/mol. The minimum absolute atomic E-state index is 0.101. The minimum atomic E-state index is -0.223. The van der Waals surface area contributed by atoms with Crippen molar-refractivity contribution in [3.05, 3.63) is 10.4 Å². The van der Waals surface area contributed by atoms with E-state index in [0.717, 1.165) is 6.42 Å². The van der Waals surface area contributed by atoms with E-state index in [4.69, 9.17) is 5.53 Å². The zero-order chi connectivity index (χ0) is 7.82. The van der Waals surface area contributed by atoms with Gasteiger partial charge in [-0.3, -0.25) is 4.79 Å². The molecule has 0 fully saturated rings. The molecule has 0 aliphatic rings. The number of azide groups is 1. The molecular formula is C5H10N4O. The lowest BCUT2D eigenvalue weighted by molar-refractivity contribution is -0.119. The summed E-state index contributed by atoms with van der Waals surface area (Å²) in [6.07, 6.45) is 0.891. The van der Waals surface area contributed by atoms with Crippen molar-refractivity contribution < 1.29 is 4.79 Å². The second-order valence-electron chi connectivity index (χ2n) is 1.74. The number of rotatable bonds is 4. The Morgan fingerprint density at radius 2 is 2.50 bits per heavy atom. The lowest BCUT2D eigenvalue weighted by atomic mass is 10.4. The molecule has 0 aromatic heterocycles. The SMILES string of the molecule is CCCNC(=O)CN=[N+]=[N-]. The highest BCUT2D eigenvalue weighted by atomic mass is 16.1. The zero-order valence-electron chi connectivity index (χ0n) is 5.87. The molecule has 0 aromatic rings. The van der Waals surface area contributed by atoms with Gasteiger partial charge in [-0.2, -0.15) is 0 Å². The van der Waals surface area contributed by atoms with E-state index in [1.165, 1.54) is 0 Å². The molecule has 0 aliphatic carbocycles. The van der Waals surface area contributed by atoms with Crippen molar-refractivity contribution in [3.8, 4) is 0 Å². The molecule has 0 spiro atoms. The number of hydrogen-bond acceptors (Lipinski definition) is 2. The summed E-state index contributed by atoms with van der Waals surface area (Å²) in [7, 11) is 0. The fraction of sp³-hybridized carbons (Fsp3) is 0.800. The molecular weight excluding hydrogens is 132 g/mol. The van der Waals surface area contributed by atoms with Crippen molar-refractivity contribution in [2.75, 3.05) is 13.1 Å². The third kappa shape index (κ3) is 4.93. The summed E-state index contributed by atoms with van der Waals surface area (Å²) in [6.45, 7) is 2.49. The molecule has 0 aromatic carbocycles. The van der Waals surface area contributed by atoms with Gasteiger partial charge in [0.15, 0.2) is 0 Å². The van der Waals surface area contributed by atoms with E-state index in [1.807, 2.05) is 6.92 Å². The Labute approximate surface area is 59.0 Å². The number of carbonyl (C=O) groups excluding carboxylic acids is 1. The maximum Gasteiger partial charge on any atom is 0.225 e. The molecule has 0 heterocycles. The fourth-order valence-electron chi connectivity index (χ4n) is 0.416. The van der Waals surface area contributed by atoms with Crippen LogP contribution in [0.15, 0.2) is 5.11 Å². The van der Waals surface area contributed by atoms with Crippen LogP contribution in [-0.4, -0.2) is 19.0 Å². The predicted molar refractivity (Wildman–Crippen MR) is 37.3 cm³/mol. The van der Waals surface area contributed by atoms with Crippen LogP contribution < -0.4 is 5.32 Å². The van der Waals surface area contributed by atoms with Crippen molar-refractivity contribution in [1.82, 2.24) is 5.32 Å². The summed E-state index contributed by atoms with van der Waals surface area (Å²) in [5.74, 6) is -0.223. The number of carbonyl (C=O) groups is 1. The highest BCUT2D eigenvalue weighted by Crippen LogP contribution is 1.74. The van der Waals surface area contributed by atoms with E-state index in [9.17, 15) is 4.79 Å². The van der Waals surface area contributed by atoms with Crippen LogP contribution in [0.25, 0.3) is 10.4 Å². The van der Waals surface area contributed by atoms with Gasteiger partial charge in [-0.15, -0.1) is 0 Å². The van der Waals surface area contributed by atoms with Gasteiger partial charge < -0.3 is 5.32 Å². The van der Waals surface area contributed by atoms with Crippen LogP contribution in [0.4, 0.5) is 0 Å². The first-order chi connectivity index (χ1) is 4.81. The van der Waals surface area contributed by atoms with Crippen LogP contribution in [0.2, 0.25) is 0 Å². The molecule has 5 nitrogen and oxygen atoms in total. The second kappa shape index (κ2) is 5.91. The smallest absolute Gasteiger partial charge is 0.225 e. The van der Waals surface area contributed by atoms with Gasteiger partial charge in [-0.05, 0) is 12.0 Å². The van der Waals surface area contributed by atoms with Gasteiger partial charge in [0.05, 0.1) is 0 Å². The maximum atomic E-state index is 10.6. The van der Waals surface area contributed by atoms with E-state index in [0.29, 0.717) is 6.54 Å². The Hall–Kier alpha value is -1.22. The molecule has 0 aliphatic heterocycles. The van der Waals surface area contributed by atoms with Crippen molar-refractivity contribution in [3.63, 3.8) is 0 Å². The summed E-state index contributed by atoms with van der Waals surface area (Å²) in [4.78, 5) is 13.0. The fourth-order valence-corrected chi connectivity index (χ4v) is 0.416. The molecule has 1 amide bonds. The molecule has 0 radical (unpaired) electrons. The van der Waals surface area contributed by atoms with Crippen LogP contribution in [0.3, 0.4) is 0 Å². The average molecular weight is 142 g/mol. The third-order valence-electron chi connectivity index (χ3n) is 0.850. The van der Waals surface area contributed by atoms with Crippen molar-refractivity contribution in [2.45, 2.75) is 13.3 Å². The Balaban J connectivity index is 3.34. The molecule has 0 atom stereocenters. The summed E-state index contributed by atoms with van der Waals surface area (Å²) >= 11 is 0. The van der Waals surface area contributed by atoms with Crippen molar-refractivity contribution >= 4 is 5.91 Å². The molecule has 56 valence electrons. The van der Waals surface area contributed by atoms with Crippen molar-refractivity contribution in [1.29, 1.82) is 0 Å².